The molecule has 0 aliphatic heterocycles. The maximum atomic E-state index is 9.86. The Balaban J connectivity index is 1.63. The number of aliphatic hydroxyl groups is 1. The third kappa shape index (κ3) is 4.85. The lowest BCUT2D eigenvalue weighted by atomic mass is 10.1. The van der Waals surface area contributed by atoms with Gasteiger partial charge in [0.15, 0.2) is 17.0 Å². The van der Waals surface area contributed by atoms with Gasteiger partial charge in [-0.15, -0.1) is 0 Å². The van der Waals surface area contributed by atoms with Crippen LogP contribution in [0.5, 0.6) is 0 Å². The second-order valence-electron chi connectivity index (χ2n) is 8.96. The summed E-state index contributed by atoms with van der Waals surface area (Å²) in [5.74, 6) is 7.44. The van der Waals surface area contributed by atoms with Gasteiger partial charge < -0.3 is 15.0 Å². The first kappa shape index (κ1) is 23.6. The molecule has 0 fully saturated rings. The van der Waals surface area contributed by atoms with Crippen LogP contribution >= 0.6 is 0 Å². The Morgan fingerprint density at radius 1 is 1.03 bits per heavy atom. The van der Waals surface area contributed by atoms with Crippen LogP contribution in [0.3, 0.4) is 0 Å². The van der Waals surface area contributed by atoms with Gasteiger partial charge in [0.2, 0.25) is 5.95 Å². The summed E-state index contributed by atoms with van der Waals surface area (Å²) in [6, 6.07) is 14.0. The summed E-state index contributed by atoms with van der Waals surface area (Å²) in [7, 11) is 0. The molecule has 3 aromatic heterocycles. The summed E-state index contributed by atoms with van der Waals surface area (Å²) in [4.78, 5) is 18.4. The molecule has 9 heteroatoms. The molecule has 4 rings (SSSR count). The molecule has 0 bridgehead atoms. The number of nitrogens with zero attached hydrogens (tertiary/aromatic N) is 6. The van der Waals surface area contributed by atoms with Crippen molar-refractivity contribution in [1.82, 2.24) is 24.5 Å². The van der Waals surface area contributed by atoms with Crippen LogP contribution in [0, 0.1) is 5.92 Å². The predicted octanol–water partition coefficient (Wildman–Crippen LogP) is 3.78. The van der Waals surface area contributed by atoms with Crippen LogP contribution in [0.25, 0.3) is 22.4 Å². The van der Waals surface area contributed by atoms with Gasteiger partial charge in [-0.25, -0.2) is 10.8 Å². The molecule has 4 N–H and O–H groups in total. The normalized spacial score (nSPS) is 12.5. The first-order valence-corrected chi connectivity index (χ1v) is 11.5. The molecule has 34 heavy (non-hydrogen) atoms. The number of benzene rings is 1. The van der Waals surface area contributed by atoms with Gasteiger partial charge in [-0.2, -0.15) is 9.97 Å². The first-order chi connectivity index (χ1) is 16.4. The number of hydrogen-bond acceptors (Lipinski definition) is 8. The highest BCUT2D eigenvalue weighted by molar-refractivity contribution is 5.84. The van der Waals surface area contributed by atoms with Crippen molar-refractivity contribution in [3.05, 3.63) is 60.6 Å². The number of fused-ring (bicyclic) bond motifs is 1. The number of aromatic nitrogens is 5. The van der Waals surface area contributed by atoms with Crippen molar-refractivity contribution in [2.45, 2.75) is 46.3 Å². The van der Waals surface area contributed by atoms with Crippen LogP contribution in [0.15, 0.2) is 55.0 Å². The number of aliphatic hydroxyl groups excluding tert-OH is 1. The minimum absolute atomic E-state index is 0.0929. The standard InChI is InChI=1S/C25H32N8O/c1-16(2)21(14-34)33(26)25-30-23(22-24(31-25)32(15-29-22)17(3)4)28-13-18-8-10-19(11-9-18)20-7-5-6-12-27-20/h5-12,15-17,21,34H,13-14,26H2,1-4H3,(H,28,30,31)/t21-/m0/s1. The van der Waals surface area contributed by atoms with E-state index in [9.17, 15) is 5.11 Å². The average Bonchev–Trinajstić information content (AvgIpc) is 3.28. The maximum Gasteiger partial charge on any atom is 0.244 e. The van der Waals surface area contributed by atoms with E-state index in [1.165, 1.54) is 5.01 Å². The zero-order chi connectivity index (χ0) is 24.2. The molecule has 1 aromatic carbocycles. The summed E-state index contributed by atoms with van der Waals surface area (Å²) < 4.78 is 1.99. The number of rotatable bonds is 9. The number of hydrazine groups is 1. The lowest BCUT2D eigenvalue weighted by Gasteiger charge is -2.29. The van der Waals surface area contributed by atoms with Gasteiger partial charge in [0.05, 0.1) is 24.7 Å². The minimum atomic E-state index is -0.306. The van der Waals surface area contributed by atoms with Gasteiger partial charge in [0.25, 0.3) is 0 Å². The average molecular weight is 461 g/mol. The molecule has 1 atom stereocenters. The Bertz CT molecular complexity index is 1220. The molecule has 3 heterocycles. The molecule has 0 radical (unpaired) electrons. The largest absolute Gasteiger partial charge is 0.394 e. The number of nitrogens with one attached hydrogen (secondary N) is 1. The molecule has 0 aliphatic rings. The monoisotopic (exact) mass is 460 g/mol. The molecule has 4 aromatic rings. The van der Waals surface area contributed by atoms with E-state index < -0.39 is 0 Å². The zero-order valence-corrected chi connectivity index (χ0v) is 20.1. The van der Waals surface area contributed by atoms with E-state index in [0.717, 1.165) is 16.8 Å². The molecule has 0 aliphatic carbocycles. The Morgan fingerprint density at radius 3 is 2.41 bits per heavy atom. The van der Waals surface area contributed by atoms with Crippen molar-refractivity contribution in [3.8, 4) is 11.3 Å². The van der Waals surface area contributed by atoms with E-state index in [0.29, 0.717) is 29.5 Å². The van der Waals surface area contributed by atoms with Crippen LogP contribution in [-0.2, 0) is 6.54 Å². The van der Waals surface area contributed by atoms with Crippen LogP contribution in [0.1, 0.15) is 39.3 Å². The third-order valence-corrected chi connectivity index (χ3v) is 5.89. The second kappa shape index (κ2) is 10.1. The fraction of sp³-hybridized carbons (Fsp3) is 0.360. The van der Waals surface area contributed by atoms with Gasteiger partial charge in [-0.05, 0) is 37.5 Å². The van der Waals surface area contributed by atoms with Crippen molar-refractivity contribution < 1.29 is 5.11 Å². The molecule has 9 nitrogen and oxygen atoms in total. The highest BCUT2D eigenvalue weighted by atomic mass is 16.3. The van der Waals surface area contributed by atoms with Crippen molar-refractivity contribution in [1.29, 1.82) is 0 Å². The SMILES string of the molecule is CC(C)[C@H](CO)N(N)c1nc(NCc2ccc(-c3ccccn3)cc2)c2ncn(C(C)C)c2n1. The van der Waals surface area contributed by atoms with Crippen LogP contribution in [0.2, 0.25) is 0 Å². The van der Waals surface area contributed by atoms with Gasteiger partial charge in [-0.1, -0.05) is 44.2 Å². The summed E-state index contributed by atoms with van der Waals surface area (Å²) >= 11 is 0. The minimum Gasteiger partial charge on any atom is -0.394 e. The van der Waals surface area contributed by atoms with Crippen LogP contribution < -0.4 is 16.2 Å². The highest BCUT2D eigenvalue weighted by Crippen LogP contribution is 2.26. The van der Waals surface area contributed by atoms with Crippen LogP contribution in [0.4, 0.5) is 11.8 Å². The van der Waals surface area contributed by atoms with E-state index in [-0.39, 0.29) is 24.6 Å². The summed E-state index contributed by atoms with van der Waals surface area (Å²) in [6.07, 6.45) is 3.56. The first-order valence-electron chi connectivity index (χ1n) is 11.5. The number of anilines is 2. The van der Waals surface area contributed by atoms with Gasteiger partial charge >= 0.3 is 0 Å². The Kier molecular flexibility index (Phi) is 7.04. The van der Waals surface area contributed by atoms with Crippen molar-refractivity contribution in [3.63, 3.8) is 0 Å². The third-order valence-electron chi connectivity index (χ3n) is 5.89. The number of nitrogens with two attached hydrogens (primary N) is 1. The Labute approximate surface area is 199 Å². The molecule has 0 amide bonds. The maximum absolute atomic E-state index is 9.86. The van der Waals surface area contributed by atoms with Gasteiger partial charge in [-0.3, -0.25) is 9.99 Å². The highest BCUT2D eigenvalue weighted by Gasteiger charge is 2.24. The molecule has 0 unspecified atom stereocenters. The quantitative estimate of drug-likeness (QED) is 0.255. The zero-order valence-electron chi connectivity index (χ0n) is 20.1. The Morgan fingerprint density at radius 2 is 1.79 bits per heavy atom. The molecule has 0 spiro atoms. The number of pyridine rings is 1. The van der Waals surface area contributed by atoms with Gasteiger partial charge in [0.1, 0.15) is 0 Å². The second-order valence-corrected chi connectivity index (χ2v) is 8.96. The lowest BCUT2D eigenvalue weighted by Crippen LogP contribution is -2.47. The van der Waals surface area contributed by atoms with Crippen LogP contribution in [-0.4, -0.2) is 42.3 Å². The summed E-state index contributed by atoms with van der Waals surface area (Å²) in [5.41, 5.74) is 4.48. The lowest BCUT2D eigenvalue weighted by molar-refractivity contribution is 0.229. The fourth-order valence-electron chi connectivity index (χ4n) is 3.80. The number of imidazole rings is 1. The molecule has 0 saturated heterocycles. The van der Waals surface area contributed by atoms with E-state index >= 15 is 0 Å². The molecular formula is C25H32N8O. The summed E-state index contributed by atoms with van der Waals surface area (Å²) in [5, 5.41) is 14.7. The molecule has 0 saturated carbocycles. The molecule has 178 valence electrons. The summed E-state index contributed by atoms with van der Waals surface area (Å²) in [6.45, 7) is 8.62. The predicted molar refractivity (Wildman–Crippen MR) is 135 cm³/mol. The van der Waals surface area contributed by atoms with Crippen molar-refractivity contribution in [2.75, 3.05) is 16.9 Å². The van der Waals surface area contributed by atoms with E-state index in [2.05, 4.69) is 58.4 Å². The van der Waals surface area contributed by atoms with E-state index in [1.807, 2.05) is 36.6 Å². The van der Waals surface area contributed by atoms with Crippen molar-refractivity contribution >= 4 is 22.9 Å². The fourth-order valence-corrected chi connectivity index (χ4v) is 3.80. The molecular weight excluding hydrogens is 428 g/mol. The van der Waals surface area contributed by atoms with E-state index in [4.69, 9.17) is 10.8 Å². The van der Waals surface area contributed by atoms with Gasteiger partial charge in [0, 0.05) is 24.3 Å². The topological polar surface area (TPSA) is 118 Å². The number of hydrogen-bond donors (Lipinski definition) is 3. The van der Waals surface area contributed by atoms with E-state index in [1.54, 1.807) is 12.5 Å². The Hall–Kier alpha value is -3.56. The van der Waals surface area contributed by atoms with Crippen molar-refractivity contribution in [2.24, 2.45) is 11.8 Å². The smallest absolute Gasteiger partial charge is 0.244 e.